The quantitative estimate of drug-likeness (QED) is 0.0866. The number of hydrogen-bond donors (Lipinski definition) is 0. The minimum absolute atomic E-state index is 0.0566. The predicted octanol–water partition coefficient (Wildman–Crippen LogP) is 8.12. The second-order valence-electron chi connectivity index (χ2n) is 16.6. The highest BCUT2D eigenvalue weighted by atomic mass is 28.4. The molecule has 2 saturated heterocycles. The van der Waals surface area contributed by atoms with Crippen LogP contribution in [-0.4, -0.2) is 81.2 Å². The topological polar surface area (TPSA) is 68.3 Å². The van der Waals surface area contributed by atoms with E-state index in [1.54, 1.807) is 0 Å². The molecule has 4 rings (SSSR count). The number of allylic oxidation sites excluding steroid dienone is 1. The Kier molecular flexibility index (Phi) is 12.0. The van der Waals surface area contributed by atoms with Crippen LogP contribution in [0.1, 0.15) is 106 Å². The van der Waals surface area contributed by atoms with Crippen molar-refractivity contribution in [1.29, 1.82) is 0 Å². The fourth-order valence-corrected chi connectivity index (χ4v) is 9.07. The first kappa shape index (κ1) is 36.7. The second kappa shape index (κ2) is 15.0. The van der Waals surface area contributed by atoms with Gasteiger partial charge >= 0.3 is 12.1 Å². The van der Waals surface area contributed by atoms with Crippen molar-refractivity contribution in [3.63, 3.8) is 0 Å². The lowest BCUT2D eigenvalue weighted by Gasteiger charge is -2.54. The normalized spacial score (nSPS) is 29.2. The molecule has 0 aromatic carbocycles. The Bertz CT molecular complexity index is 1200. The average Bonchev–Trinajstić information content (AvgIpc) is 3.25. The maximum absolute atomic E-state index is 13.4. The Morgan fingerprint density at radius 3 is 2.48 bits per heavy atom. The Labute approximate surface area is 281 Å². The molecular weight excluding hydrogens is 593 g/mol. The molecule has 258 valence electrons. The van der Waals surface area contributed by atoms with Crippen molar-refractivity contribution in [2.24, 2.45) is 17.3 Å². The maximum Gasteiger partial charge on any atom is 0.410 e. The number of ether oxygens (including phenoxy) is 2. The molecule has 0 saturated carbocycles. The van der Waals surface area contributed by atoms with Gasteiger partial charge in [0.2, 0.25) is 0 Å². The lowest BCUT2D eigenvalue weighted by Crippen LogP contribution is -2.61. The minimum Gasteiger partial charge on any atom is -0.466 e. The van der Waals surface area contributed by atoms with Crippen molar-refractivity contribution in [2.45, 2.75) is 142 Å². The van der Waals surface area contributed by atoms with E-state index in [1.165, 1.54) is 13.5 Å². The van der Waals surface area contributed by atoms with Gasteiger partial charge in [0.05, 0.1) is 7.11 Å². The SMILES string of the molecule is COC(=O)C1=CC(CCC#CCCCCO[Si](C)(C)C(C)(C)C)[C@@H]2N3CCCC/C=C\[C@H]3C[C@@]23CN(C(=O)OC(C)(C)C)CC[C@@H]13. The fraction of sp³-hybridized carbons (Fsp3) is 0.789. The van der Waals surface area contributed by atoms with Crippen LogP contribution in [0.2, 0.25) is 18.1 Å². The highest BCUT2D eigenvalue weighted by Crippen LogP contribution is 2.59. The van der Waals surface area contributed by atoms with Crippen molar-refractivity contribution in [2.75, 3.05) is 33.4 Å². The van der Waals surface area contributed by atoms with Gasteiger partial charge in [-0.2, -0.15) is 0 Å². The van der Waals surface area contributed by atoms with Crippen molar-refractivity contribution < 1.29 is 23.5 Å². The summed E-state index contributed by atoms with van der Waals surface area (Å²) in [6, 6.07) is 0.539. The molecule has 1 unspecified atom stereocenters. The lowest BCUT2D eigenvalue weighted by atomic mass is 9.56. The summed E-state index contributed by atoms with van der Waals surface area (Å²) >= 11 is 0. The van der Waals surface area contributed by atoms with E-state index < -0.39 is 13.9 Å². The van der Waals surface area contributed by atoms with Gasteiger partial charge in [-0.1, -0.05) is 39.0 Å². The van der Waals surface area contributed by atoms with Crippen LogP contribution in [-0.2, 0) is 18.7 Å². The van der Waals surface area contributed by atoms with Crippen molar-refractivity contribution in [3.8, 4) is 11.8 Å². The van der Waals surface area contributed by atoms with Gasteiger partial charge in [-0.25, -0.2) is 9.59 Å². The molecule has 1 amide bonds. The molecular formula is C38H62N2O5Si. The zero-order valence-corrected chi connectivity index (χ0v) is 31.4. The van der Waals surface area contributed by atoms with Crippen molar-refractivity contribution >= 4 is 20.4 Å². The molecule has 1 aliphatic carbocycles. The molecule has 0 radical (unpaired) electrons. The van der Waals surface area contributed by atoms with Crippen LogP contribution in [0, 0.1) is 29.1 Å². The third-order valence-corrected chi connectivity index (χ3v) is 15.7. The van der Waals surface area contributed by atoms with E-state index in [-0.39, 0.29) is 40.4 Å². The summed E-state index contributed by atoms with van der Waals surface area (Å²) in [7, 11) is -0.206. The highest BCUT2D eigenvalue weighted by Gasteiger charge is 2.62. The van der Waals surface area contributed by atoms with E-state index in [2.05, 4.69) is 68.8 Å². The van der Waals surface area contributed by atoms with Gasteiger partial charge in [0.1, 0.15) is 5.60 Å². The van der Waals surface area contributed by atoms with Crippen molar-refractivity contribution in [1.82, 2.24) is 9.80 Å². The summed E-state index contributed by atoms with van der Waals surface area (Å²) in [4.78, 5) is 31.4. The molecule has 46 heavy (non-hydrogen) atoms. The first-order valence-corrected chi connectivity index (χ1v) is 20.8. The molecule has 7 nitrogen and oxygen atoms in total. The number of nitrogens with zero attached hydrogens (tertiary/aromatic N) is 2. The summed E-state index contributed by atoms with van der Waals surface area (Å²) in [5, 5.41) is 0.237. The molecule has 0 aromatic rings. The number of fused-ring (bicyclic) bond motifs is 2. The Hall–Kier alpha value is -2.08. The number of unbranched alkanes of at least 4 members (excludes halogenated alkanes) is 2. The van der Waals surface area contributed by atoms with Gasteiger partial charge in [-0.15, -0.1) is 11.8 Å². The number of amides is 1. The zero-order valence-electron chi connectivity index (χ0n) is 30.4. The molecule has 8 heteroatoms. The fourth-order valence-electron chi connectivity index (χ4n) is 7.98. The van der Waals surface area contributed by atoms with Crippen LogP contribution in [0.15, 0.2) is 23.8 Å². The maximum atomic E-state index is 13.4. The second-order valence-corrected chi connectivity index (χ2v) is 21.4. The number of esters is 1. The smallest absolute Gasteiger partial charge is 0.410 e. The van der Waals surface area contributed by atoms with Gasteiger partial charge in [0.15, 0.2) is 8.32 Å². The largest absolute Gasteiger partial charge is 0.466 e. The number of carbonyl (C=O) groups is 2. The third kappa shape index (κ3) is 8.49. The lowest BCUT2D eigenvalue weighted by molar-refractivity contribution is -0.138. The van der Waals surface area contributed by atoms with E-state index >= 15 is 0 Å². The molecule has 0 aromatic heterocycles. The highest BCUT2D eigenvalue weighted by molar-refractivity contribution is 6.74. The Morgan fingerprint density at radius 2 is 1.78 bits per heavy atom. The number of hydrogen-bond acceptors (Lipinski definition) is 6. The first-order valence-electron chi connectivity index (χ1n) is 17.9. The predicted molar refractivity (Wildman–Crippen MR) is 188 cm³/mol. The van der Waals surface area contributed by atoms with Crippen LogP contribution >= 0.6 is 0 Å². The monoisotopic (exact) mass is 654 g/mol. The zero-order chi connectivity index (χ0) is 33.8. The molecule has 4 aliphatic rings. The van der Waals surface area contributed by atoms with Gasteiger partial charge in [0, 0.05) is 61.5 Å². The molecule has 2 fully saturated rings. The Balaban J connectivity index is 1.52. The number of methoxy groups -OCH3 is 1. The van der Waals surface area contributed by atoms with Crippen LogP contribution in [0.5, 0.6) is 0 Å². The number of rotatable bonds is 8. The minimum atomic E-state index is -1.70. The number of piperidine rings is 1. The molecule has 0 bridgehead atoms. The van der Waals surface area contributed by atoms with E-state index in [0.29, 0.717) is 19.1 Å². The van der Waals surface area contributed by atoms with Gasteiger partial charge in [-0.05, 0) is 103 Å². The summed E-state index contributed by atoms with van der Waals surface area (Å²) in [6.45, 7) is 20.3. The van der Waals surface area contributed by atoms with E-state index in [9.17, 15) is 9.59 Å². The first-order chi connectivity index (χ1) is 21.6. The molecule has 3 aliphatic heterocycles. The van der Waals surface area contributed by atoms with E-state index in [1.807, 2.05) is 25.7 Å². The average molecular weight is 655 g/mol. The summed E-state index contributed by atoms with van der Waals surface area (Å²) in [6.07, 6.45) is 16.5. The molecule has 0 N–H and O–H groups in total. The van der Waals surface area contributed by atoms with Crippen LogP contribution in [0.25, 0.3) is 0 Å². The molecule has 3 heterocycles. The van der Waals surface area contributed by atoms with Gasteiger partial charge in [0.25, 0.3) is 0 Å². The summed E-state index contributed by atoms with van der Waals surface area (Å²) in [5.74, 6) is 6.90. The summed E-state index contributed by atoms with van der Waals surface area (Å²) in [5.41, 5.74) is 0.00990. The number of likely N-dealkylation sites (tertiary alicyclic amines) is 1. The van der Waals surface area contributed by atoms with Gasteiger partial charge in [-0.3, -0.25) is 4.90 Å². The Morgan fingerprint density at radius 1 is 1.04 bits per heavy atom. The number of carbonyl (C=O) groups excluding carboxylic acids is 2. The van der Waals surface area contributed by atoms with E-state index in [4.69, 9.17) is 13.9 Å². The molecule has 5 atom stereocenters. The van der Waals surface area contributed by atoms with Crippen LogP contribution < -0.4 is 0 Å². The van der Waals surface area contributed by atoms with Gasteiger partial charge < -0.3 is 18.8 Å². The van der Waals surface area contributed by atoms with E-state index in [0.717, 1.165) is 76.5 Å². The summed E-state index contributed by atoms with van der Waals surface area (Å²) < 4.78 is 17.6. The van der Waals surface area contributed by atoms with Crippen LogP contribution in [0.4, 0.5) is 4.79 Å². The van der Waals surface area contributed by atoms with Crippen molar-refractivity contribution in [3.05, 3.63) is 23.8 Å². The standard InChI is InChI=1S/C38H62N2O5Si/c1-36(2,3)45-35(42)39-24-22-32-31(34(41)43-7)26-29(20-16-12-10-11-15-19-25-44-46(8,9)37(4,5)6)33-38(32,28-39)27-30-21-17-13-14-18-23-40(30)33/h17,21,26,29-30,32-33H,11,13-16,18-20,22-25,27-28H2,1-9H3/b21-17-/t29?,30-,32-,33-,38-/m0/s1. The molecule has 1 spiro atoms. The van der Waals surface area contributed by atoms with Crippen LogP contribution in [0.3, 0.4) is 0 Å². The third-order valence-electron chi connectivity index (χ3n) is 11.2.